The van der Waals surface area contributed by atoms with Gasteiger partial charge in [-0.1, -0.05) is 19.1 Å². The van der Waals surface area contributed by atoms with Crippen LogP contribution in [0.15, 0.2) is 12.2 Å². The zero-order chi connectivity index (χ0) is 8.81. The fourth-order valence-electron chi connectivity index (χ4n) is 1.48. The minimum absolute atomic E-state index is 0.814. The van der Waals surface area contributed by atoms with Gasteiger partial charge >= 0.3 is 0 Å². The highest BCUT2D eigenvalue weighted by Crippen LogP contribution is 2.24. The second kappa shape index (κ2) is 5.65. The van der Waals surface area contributed by atoms with Gasteiger partial charge in [-0.15, -0.1) is 0 Å². The van der Waals surface area contributed by atoms with E-state index in [9.17, 15) is 0 Å². The summed E-state index contributed by atoms with van der Waals surface area (Å²) in [5.74, 6) is 2.08. The van der Waals surface area contributed by atoms with Crippen LogP contribution in [0.3, 0.4) is 0 Å². The maximum Gasteiger partial charge on any atom is 0.0120 e. The summed E-state index contributed by atoms with van der Waals surface area (Å²) in [6.45, 7) is 6.82. The molecular formula is C10H19NS. The summed E-state index contributed by atoms with van der Waals surface area (Å²) in [7, 11) is 0. The van der Waals surface area contributed by atoms with Crippen molar-refractivity contribution in [3.63, 3.8) is 0 Å². The summed E-state index contributed by atoms with van der Waals surface area (Å²) in [4.78, 5) is 0. The highest BCUT2D eigenvalue weighted by molar-refractivity contribution is 7.99. The molecule has 12 heavy (non-hydrogen) atoms. The molecule has 0 bridgehead atoms. The van der Waals surface area contributed by atoms with E-state index in [2.05, 4.69) is 43.1 Å². The van der Waals surface area contributed by atoms with Gasteiger partial charge in [-0.2, -0.15) is 11.8 Å². The number of hydrogen-bond acceptors (Lipinski definition) is 2. The van der Waals surface area contributed by atoms with Crippen molar-refractivity contribution in [2.75, 3.05) is 18.8 Å². The van der Waals surface area contributed by atoms with E-state index in [0.29, 0.717) is 0 Å². The Labute approximate surface area is 80.0 Å². The Kier molecular flexibility index (Phi) is 4.77. The highest BCUT2D eigenvalue weighted by atomic mass is 32.2. The second-order valence-corrected chi connectivity index (χ2v) is 4.74. The van der Waals surface area contributed by atoms with Crippen molar-refractivity contribution in [2.45, 2.75) is 25.5 Å². The van der Waals surface area contributed by atoms with Gasteiger partial charge in [-0.05, 0) is 25.8 Å². The molecule has 70 valence electrons. The molecule has 1 rings (SSSR count). The van der Waals surface area contributed by atoms with Crippen molar-refractivity contribution in [3.8, 4) is 0 Å². The third-order valence-electron chi connectivity index (χ3n) is 2.32. The molecule has 1 saturated heterocycles. The Bertz CT molecular complexity index is 145. The lowest BCUT2D eigenvalue weighted by molar-refractivity contribution is 0.517. The molecule has 2 atom stereocenters. The van der Waals surface area contributed by atoms with E-state index >= 15 is 0 Å². The van der Waals surface area contributed by atoms with E-state index in [1.54, 1.807) is 0 Å². The summed E-state index contributed by atoms with van der Waals surface area (Å²) < 4.78 is 0. The Morgan fingerprint density at radius 3 is 3.17 bits per heavy atom. The molecule has 0 spiro atoms. The third kappa shape index (κ3) is 3.20. The maximum absolute atomic E-state index is 3.46. The molecule has 1 nitrogen and oxygen atoms in total. The maximum atomic E-state index is 3.46. The van der Waals surface area contributed by atoms with Gasteiger partial charge in [0.2, 0.25) is 0 Å². The fraction of sp³-hybridized carbons (Fsp3) is 0.800. The van der Waals surface area contributed by atoms with Gasteiger partial charge in [0, 0.05) is 17.5 Å². The van der Waals surface area contributed by atoms with E-state index in [4.69, 9.17) is 0 Å². The lowest BCUT2D eigenvalue weighted by Crippen LogP contribution is -2.24. The standard InChI is InChI=1S/C10H19NS/c1-3-4-5-10-9(2)8-11-6-7-12-10/h3-4,9-11H,5-8H2,1-2H3/b4-3-/t9?,10-/m0/s1. The van der Waals surface area contributed by atoms with E-state index in [-0.39, 0.29) is 0 Å². The van der Waals surface area contributed by atoms with Crippen LogP contribution in [-0.4, -0.2) is 24.1 Å². The molecule has 0 saturated carbocycles. The van der Waals surface area contributed by atoms with E-state index < -0.39 is 0 Å². The SMILES string of the molecule is C/C=C\C[C@@H]1SCCNCC1C. The molecule has 1 aliphatic heterocycles. The van der Waals surface area contributed by atoms with Gasteiger partial charge in [0.15, 0.2) is 0 Å². The lowest BCUT2D eigenvalue weighted by atomic mass is 10.0. The minimum Gasteiger partial charge on any atom is -0.316 e. The topological polar surface area (TPSA) is 12.0 Å². The van der Waals surface area contributed by atoms with Crippen molar-refractivity contribution in [1.29, 1.82) is 0 Å². The summed E-state index contributed by atoms with van der Waals surface area (Å²) in [6.07, 6.45) is 5.69. The summed E-state index contributed by atoms with van der Waals surface area (Å²) in [5, 5.41) is 4.29. The van der Waals surface area contributed by atoms with Crippen LogP contribution in [0.5, 0.6) is 0 Å². The molecule has 1 heterocycles. The molecule has 0 aromatic carbocycles. The lowest BCUT2D eigenvalue weighted by Gasteiger charge is -2.18. The Balaban J connectivity index is 2.36. The van der Waals surface area contributed by atoms with Gasteiger partial charge in [-0.3, -0.25) is 0 Å². The van der Waals surface area contributed by atoms with Crippen LogP contribution in [0.1, 0.15) is 20.3 Å². The highest BCUT2D eigenvalue weighted by Gasteiger charge is 2.18. The third-order valence-corrected chi connectivity index (χ3v) is 3.84. The minimum atomic E-state index is 0.814. The van der Waals surface area contributed by atoms with Crippen molar-refractivity contribution in [2.24, 2.45) is 5.92 Å². The molecule has 2 heteroatoms. The van der Waals surface area contributed by atoms with Gasteiger partial charge in [0.05, 0.1) is 0 Å². The first kappa shape index (κ1) is 10.1. The predicted octanol–water partition coefficient (Wildman–Crippen LogP) is 2.29. The van der Waals surface area contributed by atoms with Crippen LogP contribution in [0.2, 0.25) is 0 Å². The largest absolute Gasteiger partial charge is 0.316 e. The smallest absolute Gasteiger partial charge is 0.0120 e. The molecule has 1 fully saturated rings. The van der Waals surface area contributed by atoms with E-state index in [1.165, 1.54) is 25.3 Å². The van der Waals surface area contributed by atoms with Crippen molar-refractivity contribution < 1.29 is 0 Å². The second-order valence-electron chi connectivity index (χ2n) is 3.40. The molecule has 0 aromatic heterocycles. The number of allylic oxidation sites excluding steroid dienone is 2. The number of nitrogens with one attached hydrogen (secondary N) is 1. The Hall–Kier alpha value is 0.0500. The average molecular weight is 185 g/mol. The molecule has 1 aliphatic rings. The molecule has 1 N–H and O–H groups in total. The number of thioether (sulfide) groups is 1. The first-order chi connectivity index (χ1) is 5.84. The molecule has 0 radical (unpaired) electrons. The number of hydrogen-bond donors (Lipinski definition) is 1. The molecule has 0 aliphatic carbocycles. The van der Waals surface area contributed by atoms with E-state index in [0.717, 1.165) is 11.2 Å². The quantitative estimate of drug-likeness (QED) is 0.663. The average Bonchev–Trinajstić information content (AvgIpc) is 2.27. The predicted molar refractivity (Wildman–Crippen MR) is 57.7 cm³/mol. The van der Waals surface area contributed by atoms with E-state index in [1.807, 2.05) is 0 Å². The first-order valence-electron chi connectivity index (χ1n) is 4.78. The Morgan fingerprint density at radius 2 is 2.42 bits per heavy atom. The monoisotopic (exact) mass is 185 g/mol. The summed E-state index contributed by atoms with van der Waals surface area (Å²) >= 11 is 2.12. The van der Waals surface area contributed by atoms with Crippen LogP contribution in [0, 0.1) is 5.92 Å². The summed E-state index contributed by atoms with van der Waals surface area (Å²) in [6, 6.07) is 0. The van der Waals surface area contributed by atoms with Gasteiger partial charge in [0.1, 0.15) is 0 Å². The Morgan fingerprint density at radius 1 is 1.58 bits per heavy atom. The fourth-order valence-corrected chi connectivity index (χ4v) is 2.72. The summed E-state index contributed by atoms with van der Waals surface area (Å²) in [5.41, 5.74) is 0. The van der Waals surface area contributed by atoms with Crippen LogP contribution in [0.4, 0.5) is 0 Å². The van der Waals surface area contributed by atoms with Crippen LogP contribution < -0.4 is 5.32 Å². The van der Waals surface area contributed by atoms with Gasteiger partial charge in [0.25, 0.3) is 0 Å². The zero-order valence-corrected chi connectivity index (χ0v) is 8.86. The molecule has 1 unspecified atom stereocenters. The first-order valence-corrected chi connectivity index (χ1v) is 5.83. The zero-order valence-electron chi connectivity index (χ0n) is 8.05. The molecule has 0 amide bonds. The van der Waals surface area contributed by atoms with Crippen molar-refractivity contribution >= 4 is 11.8 Å². The molecular weight excluding hydrogens is 166 g/mol. The van der Waals surface area contributed by atoms with Gasteiger partial charge < -0.3 is 5.32 Å². The molecule has 0 aromatic rings. The van der Waals surface area contributed by atoms with Crippen molar-refractivity contribution in [3.05, 3.63) is 12.2 Å². The number of rotatable bonds is 2. The van der Waals surface area contributed by atoms with Crippen LogP contribution >= 0.6 is 11.8 Å². The van der Waals surface area contributed by atoms with Crippen molar-refractivity contribution in [1.82, 2.24) is 5.32 Å². The normalized spacial score (nSPS) is 32.2. The van der Waals surface area contributed by atoms with Gasteiger partial charge in [-0.25, -0.2) is 0 Å². The van der Waals surface area contributed by atoms with Crippen LogP contribution in [-0.2, 0) is 0 Å². The van der Waals surface area contributed by atoms with Crippen LogP contribution in [0.25, 0.3) is 0 Å².